The highest BCUT2D eigenvalue weighted by molar-refractivity contribution is 5.89. The van der Waals surface area contributed by atoms with Crippen LogP contribution in [0.15, 0.2) is 55.2 Å². The smallest absolute Gasteiger partial charge is 0.227 e. The predicted molar refractivity (Wildman–Crippen MR) is 124 cm³/mol. The summed E-state index contributed by atoms with van der Waals surface area (Å²) in [7, 11) is 0. The van der Waals surface area contributed by atoms with Crippen molar-refractivity contribution in [1.82, 2.24) is 29.4 Å². The summed E-state index contributed by atoms with van der Waals surface area (Å²) in [5.41, 5.74) is 3.06. The van der Waals surface area contributed by atoms with Crippen LogP contribution in [-0.2, 0) is 11.2 Å². The second-order valence-corrected chi connectivity index (χ2v) is 8.79. The van der Waals surface area contributed by atoms with Crippen molar-refractivity contribution in [2.24, 2.45) is 0 Å². The molecule has 7 nitrogen and oxygen atoms in total. The molecule has 0 aliphatic carbocycles. The molecule has 5 rings (SSSR count). The van der Waals surface area contributed by atoms with Gasteiger partial charge in [0.1, 0.15) is 5.82 Å². The Morgan fingerprint density at radius 3 is 2.88 bits per heavy atom. The number of fused-ring (bicyclic) bond motifs is 1. The number of hydrogen-bond acceptors (Lipinski definition) is 4. The number of benzene rings is 1. The molecule has 7 heteroatoms. The Morgan fingerprint density at radius 1 is 1.16 bits per heavy atom. The molecule has 1 saturated heterocycles. The van der Waals surface area contributed by atoms with E-state index in [-0.39, 0.29) is 17.7 Å². The second-order valence-electron chi connectivity index (χ2n) is 8.79. The standard InChI is InChI=1S/C25H28N6O/c1-17(2)24-28-11-13-31(24)25-23(26-9-10-27-25)18-6-5-12-30(16-18)22(32)14-19-15-29-21-8-4-3-7-20(19)21/h3-4,7-11,13,15,17-18,29H,5-6,12,14,16H2,1-2H3. The van der Waals surface area contributed by atoms with Gasteiger partial charge in [0.05, 0.1) is 12.1 Å². The minimum absolute atomic E-state index is 0.154. The molecule has 1 N–H and O–H groups in total. The summed E-state index contributed by atoms with van der Waals surface area (Å²) in [5, 5.41) is 1.12. The maximum Gasteiger partial charge on any atom is 0.227 e. The predicted octanol–water partition coefficient (Wildman–Crippen LogP) is 4.22. The molecule has 1 aliphatic rings. The minimum atomic E-state index is 0.154. The topological polar surface area (TPSA) is 79.7 Å². The number of H-pyrrole nitrogens is 1. The lowest BCUT2D eigenvalue weighted by Crippen LogP contribution is -2.40. The normalized spacial score (nSPS) is 16.7. The molecular formula is C25H28N6O. The zero-order valence-corrected chi connectivity index (χ0v) is 18.5. The van der Waals surface area contributed by atoms with Crippen molar-refractivity contribution < 1.29 is 4.79 Å². The number of aromatic amines is 1. The van der Waals surface area contributed by atoms with Gasteiger partial charge in [0, 0.05) is 66.8 Å². The highest BCUT2D eigenvalue weighted by Crippen LogP contribution is 2.30. The third-order valence-electron chi connectivity index (χ3n) is 6.30. The maximum absolute atomic E-state index is 13.2. The first-order valence-electron chi connectivity index (χ1n) is 11.3. The molecule has 1 aliphatic heterocycles. The van der Waals surface area contributed by atoms with E-state index in [1.165, 1.54) is 0 Å². The number of carbonyl (C=O) groups is 1. The van der Waals surface area contributed by atoms with E-state index in [0.29, 0.717) is 13.0 Å². The molecule has 0 bridgehead atoms. The first kappa shape index (κ1) is 20.4. The van der Waals surface area contributed by atoms with Crippen molar-refractivity contribution in [3.63, 3.8) is 0 Å². The van der Waals surface area contributed by atoms with E-state index in [0.717, 1.165) is 53.2 Å². The molecule has 4 aromatic rings. The van der Waals surface area contributed by atoms with Crippen molar-refractivity contribution >= 4 is 16.8 Å². The van der Waals surface area contributed by atoms with Gasteiger partial charge in [0.2, 0.25) is 5.91 Å². The number of likely N-dealkylation sites (tertiary alicyclic amines) is 1. The third-order valence-corrected chi connectivity index (χ3v) is 6.30. The number of nitrogens with one attached hydrogen (secondary N) is 1. The van der Waals surface area contributed by atoms with Crippen LogP contribution in [0.1, 0.15) is 55.6 Å². The van der Waals surface area contributed by atoms with E-state index in [1.807, 2.05) is 46.3 Å². The maximum atomic E-state index is 13.2. The highest BCUT2D eigenvalue weighted by atomic mass is 16.2. The number of nitrogens with zero attached hydrogens (tertiary/aromatic N) is 5. The number of amides is 1. The summed E-state index contributed by atoms with van der Waals surface area (Å²) < 4.78 is 2.04. The van der Waals surface area contributed by atoms with Crippen molar-refractivity contribution in [1.29, 1.82) is 0 Å². The van der Waals surface area contributed by atoms with Crippen LogP contribution in [0.3, 0.4) is 0 Å². The number of para-hydroxylation sites is 1. The average molecular weight is 429 g/mol. The fraction of sp³-hybridized carbons (Fsp3) is 0.360. The van der Waals surface area contributed by atoms with Crippen LogP contribution in [0.25, 0.3) is 16.7 Å². The SMILES string of the molecule is CC(C)c1nccn1-c1nccnc1C1CCCN(C(=O)Cc2c[nH]c3ccccc23)C1. The van der Waals surface area contributed by atoms with Crippen molar-refractivity contribution in [3.8, 4) is 5.82 Å². The summed E-state index contributed by atoms with van der Waals surface area (Å²) in [4.78, 5) is 32.4. The van der Waals surface area contributed by atoms with Gasteiger partial charge in [-0.15, -0.1) is 0 Å². The lowest BCUT2D eigenvalue weighted by molar-refractivity contribution is -0.131. The van der Waals surface area contributed by atoms with E-state index in [1.54, 1.807) is 12.4 Å². The van der Waals surface area contributed by atoms with E-state index in [9.17, 15) is 4.79 Å². The van der Waals surface area contributed by atoms with Gasteiger partial charge in [-0.1, -0.05) is 32.0 Å². The Bertz CT molecular complexity index is 1240. The van der Waals surface area contributed by atoms with Crippen molar-refractivity contribution in [3.05, 3.63) is 72.3 Å². The van der Waals surface area contributed by atoms with Gasteiger partial charge in [-0.05, 0) is 24.5 Å². The zero-order chi connectivity index (χ0) is 22.1. The van der Waals surface area contributed by atoms with Gasteiger partial charge in [0.25, 0.3) is 0 Å². The molecular weight excluding hydrogens is 400 g/mol. The molecule has 1 atom stereocenters. The van der Waals surface area contributed by atoms with E-state index in [2.05, 4.69) is 34.9 Å². The van der Waals surface area contributed by atoms with Gasteiger partial charge in [0.15, 0.2) is 5.82 Å². The van der Waals surface area contributed by atoms with Crippen LogP contribution in [0.4, 0.5) is 0 Å². The Kier molecular flexibility index (Phi) is 5.47. The molecule has 164 valence electrons. The summed E-state index contributed by atoms with van der Waals surface area (Å²) in [6, 6.07) is 8.12. The molecule has 0 radical (unpaired) electrons. The number of imidazole rings is 1. The van der Waals surface area contributed by atoms with E-state index in [4.69, 9.17) is 4.98 Å². The van der Waals surface area contributed by atoms with Crippen LogP contribution in [0, 0.1) is 0 Å². The molecule has 1 unspecified atom stereocenters. The molecule has 4 heterocycles. The van der Waals surface area contributed by atoms with E-state index < -0.39 is 0 Å². The lowest BCUT2D eigenvalue weighted by Gasteiger charge is -2.33. The number of rotatable bonds is 5. The monoisotopic (exact) mass is 428 g/mol. The van der Waals surface area contributed by atoms with Crippen LogP contribution >= 0.6 is 0 Å². The Labute approximate surface area is 187 Å². The van der Waals surface area contributed by atoms with Crippen LogP contribution in [0.5, 0.6) is 0 Å². The van der Waals surface area contributed by atoms with Gasteiger partial charge in [-0.3, -0.25) is 14.3 Å². The highest BCUT2D eigenvalue weighted by Gasteiger charge is 2.29. The van der Waals surface area contributed by atoms with Gasteiger partial charge in [-0.25, -0.2) is 9.97 Å². The summed E-state index contributed by atoms with van der Waals surface area (Å²) in [5.74, 6) is 2.39. The molecule has 1 fully saturated rings. The fourth-order valence-corrected chi connectivity index (χ4v) is 4.72. The first-order chi connectivity index (χ1) is 15.6. The van der Waals surface area contributed by atoms with Crippen LogP contribution < -0.4 is 0 Å². The van der Waals surface area contributed by atoms with Crippen LogP contribution in [-0.4, -0.2) is 48.4 Å². The minimum Gasteiger partial charge on any atom is -0.361 e. The summed E-state index contributed by atoms with van der Waals surface area (Å²) >= 11 is 0. The van der Waals surface area contributed by atoms with Crippen LogP contribution in [0.2, 0.25) is 0 Å². The molecule has 0 spiro atoms. The fourth-order valence-electron chi connectivity index (χ4n) is 4.72. The molecule has 1 aromatic carbocycles. The van der Waals surface area contributed by atoms with Crippen molar-refractivity contribution in [2.45, 2.75) is 44.9 Å². The number of hydrogen-bond donors (Lipinski definition) is 1. The Hall–Kier alpha value is -3.48. The molecule has 1 amide bonds. The lowest BCUT2D eigenvalue weighted by atomic mass is 9.93. The van der Waals surface area contributed by atoms with E-state index >= 15 is 0 Å². The largest absolute Gasteiger partial charge is 0.361 e. The molecule has 0 saturated carbocycles. The quantitative estimate of drug-likeness (QED) is 0.516. The van der Waals surface area contributed by atoms with Crippen molar-refractivity contribution in [2.75, 3.05) is 13.1 Å². The summed E-state index contributed by atoms with van der Waals surface area (Å²) in [6.07, 6.45) is 11.6. The molecule has 32 heavy (non-hydrogen) atoms. The van der Waals surface area contributed by atoms with Gasteiger partial charge in [-0.2, -0.15) is 0 Å². The van der Waals surface area contributed by atoms with Gasteiger partial charge >= 0.3 is 0 Å². The number of aromatic nitrogens is 5. The number of carbonyl (C=O) groups excluding carboxylic acids is 1. The Morgan fingerprint density at radius 2 is 2.00 bits per heavy atom. The molecule has 3 aromatic heterocycles. The first-order valence-corrected chi connectivity index (χ1v) is 11.3. The number of piperidine rings is 1. The Balaban J connectivity index is 1.38. The zero-order valence-electron chi connectivity index (χ0n) is 18.5. The average Bonchev–Trinajstić information content (AvgIpc) is 3.47. The summed E-state index contributed by atoms with van der Waals surface area (Å²) in [6.45, 7) is 5.70. The second kappa shape index (κ2) is 8.57. The third kappa shape index (κ3) is 3.79. The van der Waals surface area contributed by atoms with Gasteiger partial charge < -0.3 is 9.88 Å².